The number of likely N-dealkylation sites (tertiary alicyclic amines) is 1. The van der Waals surface area contributed by atoms with Gasteiger partial charge in [0.1, 0.15) is 0 Å². The van der Waals surface area contributed by atoms with Crippen LogP contribution in [0.25, 0.3) is 0 Å². The van der Waals surface area contributed by atoms with Gasteiger partial charge in [0.25, 0.3) is 5.91 Å². The van der Waals surface area contributed by atoms with E-state index in [9.17, 15) is 14.7 Å². The predicted octanol–water partition coefficient (Wildman–Crippen LogP) is 3.34. The second-order valence-electron chi connectivity index (χ2n) is 8.64. The fourth-order valence-corrected chi connectivity index (χ4v) is 5.73. The third-order valence-electron chi connectivity index (χ3n) is 7.35. The van der Waals surface area contributed by atoms with E-state index in [4.69, 9.17) is 11.6 Å². The van der Waals surface area contributed by atoms with Crippen LogP contribution >= 0.6 is 11.6 Å². The number of aliphatic hydroxyl groups is 1. The van der Waals surface area contributed by atoms with E-state index in [1.807, 2.05) is 4.90 Å². The van der Waals surface area contributed by atoms with Gasteiger partial charge in [-0.3, -0.25) is 9.59 Å². The molecule has 28 heavy (non-hydrogen) atoms. The zero-order chi connectivity index (χ0) is 19.9. The summed E-state index contributed by atoms with van der Waals surface area (Å²) in [7, 11) is 0. The van der Waals surface area contributed by atoms with Crippen molar-refractivity contribution in [2.45, 2.75) is 57.5 Å². The number of piperidine rings is 1. The lowest BCUT2D eigenvalue weighted by molar-refractivity contribution is -0.139. The number of nitrogens with zero attached hydrogens (tertiary/aromatic N) is 2. The van der Waals surface area contributed by atoms with Crippen LogP contribution in [0.1, 0.15) is 55.8 Å². The molecule has 0 unspecified atom stereocenters. The Hall–Kier alpha value is -1.59. The highest BCUT2D eigenvalue weighted by atomic mass is 35.5. The molecule has 5 nitrogen and oxygen atoms in total. The van der Waals surface area contributed by atoms with Gasteiger partial charge in [-0.15, -0.1) is 0 Å². The molecule has 3 heterocycles. The van der Waals surface area contributed by atoms with E-state index in [-0.39, 0.29) is 35.8 Å². The van der Waals surface area contributed by atoms with Gasteiger partial charge in [-0.05, 0) is 62.8 Å². The summed E-state index contributed by atoms with van der Waals surface area (Å²) in [5, 5.41) is 10.6. The van der Waals surface area contributed by atoms with Crippen LogP contribution in [0.15, 0.2) is 24.3 Å². The first-order chi connectivity index (χ1) is 13.5. The Morgan fingerprint density at radius 2 is 1.82 bits per heavy atom. The van der Waals surface area contributed by atoms with Crippen molar-refractivity contribution < 1.29 is 14.7 Å². The summed E-state index contributed by atoms with van der Waals surface area (Å²) in [4.78, 5) is 29.9. The van der Waals surface area contributed by atoms with E-state index in [2.05, 4.69) is 11.8 Å². The van der Waals surface area contributed by atoms with Crippen LogP contribution in [0.5, 0.6) is 0 Å². The summed E-state index contributed by atoms with van der Waals surface area (Å²) in [6, 6.07) is 7.45. The molecule has 1 N–H and O–H groups in total. The van der Waals surface area contributed by atoms with E-state index >= 15 is 0 Å². The molecule has 3 atom stereocenters. The molecule has 0 aromatic heterocycles. The Balaban J connectivity index is 1.38. The monoisotopic (exact) mass is 404 g/mol. The highest BCUT2D eigenvalue weighted by Gasteiger charge is 2.56. The molecule has 0 spiro atoms. The van der Waals surface area contributed by atoms with Gasteiger partial charge in [0.2, 0.25) is 5.91 Å². The molecule has 3 saturated heterocycles. The van der Waals surface area contributed by atoms with Crippen LogP contribution in [0, 0.1) is 11.3 Å². The Kier molecular flexibility index (Phi) is 5.41. The maximum Gasteiger partial charge on any atom is 0.253 e. The summed E-state index contributed by atoms with van der Waals surface area (Å²) >= 11 is 5.91. The minimum absolute atomic E-state index is 0.00841. The first-order valence-corrected chi connectivity index (χ1v) is 10.8. The van der Waals surface area contributed by atoms with Crippen LogP contribution in [-0.4, -0.2) is 58.5 Å². The molecule has 0 saturated carbocycles. The Bertz CT molecular complexity index is 739. The molecule has 4 rings (SSSR count). The van der Waals surface area contributed by atoms with E-state index in [0.717, 1.165) is 25.7 Å². The van der Waals surface area contributed by atoms with Gasteiger partial charge >= 0.3 is 0 Å². The maximum absolute atomic E-state index is 13.3. The quantitative estimate of drug-likeness (QED) is 0.837. The van der Waals surface area contributed by atoms with Gasteiger partial charge in [-0.25, -0.2) is 0 Å². The van der Waals surface area contributed by atoms with Crippen LogP contribution in [0.2, 0.25) is 5.02 Å². The lowest BCUT2D eigenvalue weighted by Crippen LogP contribution is -2.47. The number of carbonyl (C=O) groups is 2. The fraction of sp³-hybridized carbons (Fsp3) is 0.636. The van der Waals surface area contributed by atoms with Crippen LogP contribution in [-0.2, 0) is 4.79 Å². The first-order valence-electron chi connectivity index (χ1n) is 10.5. The average molecular weight is 405 g/mol. The minimum Gasteiger partial charge on any atom is -0.396 e. The number of hydrogen-bond acceptors (Lipinski definition) is 3. The van der Waals surface area contributed by atoms with Crippen molar-refractivity contribution in [3.05, 3.63) is 34.9 Å². The van der Waals surface area contributed by atoms with Crippen molar-refractivity contribution in [1.29, 1.82) is 0 Å². The zero-order valence-electron chi connectivity index (χ0n) is 16.4. The van der Waals surface area contributed by atoms with E-state index in [1.165, 1.54) is 0 Å². The summed E-state index contributed by atoms with van der Waals surface area (Å²) in [5.41, 5.74) is 0.534. The second kappa shape index (κ2) is 7.68. The zero-order valence-corrected chi connectivity index (χ0v) is 17.2. The molecule has 1 aromatic rings. The van der Waals surface area contributed by atoms with Crippen molar-refractivity contribution in [3.8, 4) is 0 Å². The summed E-state index contributed by atoms with van der Waals surface area (Å²) in [5.74, 6) is 0.243. The normalized spacial score (nSPS) is 30.1. The second-order valence-corrected chi connectivity index (χ2v) is 9.08. The maximum atomic E-state index is 13.3. The number of aliphatic hydroxyl groups excluding tert-OH is 1. The molecule has 0 aliphatic carbocycles. The largest absolute Gasteiger partial charge is 0.396 e. The number of halogens is 1. The fourth-order valence-electron chi connectivity index (χ4n) is 5.60. The number of amides is 2. The summed E-state index contributed by atoms with van der Waals surface area (Å²) in [6.07, 6.45) is 5.36. The van der Waals surface area contributed by atoms with E-state index in [0.29, 0.717) is 42.6 Å². The molecule has 152 valence electrons. The number of carbonyl (C=O) groups excluding carboxylic acids is 2. The molecule has 2 amide bonds. The van der Waals surface area contributed by atoms with E-state index < -0.39 is 0 Å². The lowest BCUT2D eigenvalue weighted by atomic mass is 9.72. The Labute approximate surface area is 171 Å². The van der Waals surface area contributed by atoms with Crippen LogP contribution in [0.4, 0.5) is 0 Å². The Morgan fingerprint density at radius 3 is 2.39 bits per heavy atom. The van der Waals surface area contributed by atoms with Crippen LogP contribution in [0.3, 0.4) is 0 Å². The number of hydrogen-bond donors (Lipinski definition) is 1. The van der Waals surface area contributed by atoms with Crippen LogP contribution < -0.4 is 0 Å². The standard InChI is InChI=1S/C22H29ClN2O3/c1-2-22(14-26)13-18-7-8-19(22)25(18)21(28)16-9-11-24(12-10-16)20(27)15-3-5-17(23)6-4-15/h3-6,16,18-19,26H,2,7-14H2,1H3/t18-,19+,22-/m0/s1. The Morgan fingerprint density at radius 1 is 1.14 bits per heavy atom. The third kappa shape index (κ3) is 3.22. The molecule has 2 bridgehead atoms. The number of rotatable bonds is 4. The molecule has 3 aliphatic heterocycles. The van der Waals surface area contributed by atoms with Gasteiger partial charge < -0.3 is 14.9 Å². The highest BCUT2D eigenvalue weighted by molar-refractivity contribution is 6.30. The smallest absolute Gasteiger partial charge is 0.253 e. The molecule has 3 fully saturated rings. The van der Waals surface area contributed by atoms with Gasteiger partial charge in [0.15, 0.2) is 0 Å². The van der Waals surface area contributed by atoms with Crippen molar-refractivity contribution in [2.75, 3.05) is 19.7 Å². The van der Waals surface area contributed by atoms with Gasteiger partial charge in [0.05, 0.1) is 6.61 Å². The van der Waals surface area contributed by atoms with Gasteiger partial charge in [-0.2, -0.15) is 0 Å². The van der Waals surface area contributed by atoms with Crippen molar-refractivity contribution >= 4 is 23.4 Å². The molecular weight excluding hydrogens is 376 g/mol. The molecule has 1 aromatic carbocycles. The van der Waals surface area contributed by atoms with Crippen molar-refractivity contribution in [3.63, 3.8) is 0 Å². The van der Waals surface area contributed by atoms with Crippen molar-refractivity contribution in [2.24, 2.45) is 11.3 Å². The minimum atomic E-state index is -0.107. The van der Waals surface area contributed by atoms with E-state index in [1.54, 1.807) is 24.3 Å². The highest BCUT2D eigenvalue weighted by Crippen LogP contribution is 2.52. The molecule has 3 aliphatic rings. The van der Waals surface area contributed by atoms with Gasteiger partial charge in [0, 0.05) is 47.1 Å². The lowest BCUT2D eigenvalue weighted by Gasteiger charge is -2.37. The molecule has 6 heteroatoms. The van der Waals surface area contributed by atoms with Crippen molar-refractivity contribution in [1.82, 2.24) is 9.80 Å². The first kappa shape index (κ1) is 19.7. The predicted molar refractivity (Wildman–Crippen MR) is 108 cm³/mol. The summed E-state index contributed by atoms with van der Waals surface area (Å²) in [6.45, 7) is 3.52. The molecular formula is C22H29ClN2O3. The SMILES string of the molecule is CC[C@@]1(CO)C[C@@H]2CC[C@H]1N2C(=O)C1CCN(C(=O)c2ccc(Cl)cc2)CC1. The number of fused-ring (bicyclic) bond motifs is 2. The average Bonchev–Trinajstić information content (AvgIpc) is 3.29. The topological polar surface area (TPSA) is 60.9 Å². The number of benzene rings is 1. The van der Waals surface area contributed by atoms with Gasteiger partial charge in [-0.1, -0.05) is 18.5 Å². The molecule has 0 radical (unpaired) electrons. The third-order valence-corrected chi connectivity index (χ3v) is 7.60. The summed E-state index contributed by atoms with van der Waals surface area (Å²) < 4.78 is 0.